The van der Waals surface area contributed by atoms with Crippen molar-refractivity contribution in [2.75, 3.05) is 25.2 Å². The Balaban J connectivity index is 2.71. The van der Waals surface area contributed by atoms with Crippen LogP contribution in [-0.4, -0.2) is 35.9 Å². The number of hydrogen-bond donors (Lipinski definition) is 2. The molecule has 0 aliphatic rings. The van der Waals surface area contributed by atoms with E-state index < -0.39 is 4.92 Å². The number of anilines is 1. The Morgan fingerprint density at radius 1 is 1.50 bits per heavy atom. The lowest BCUT2D eigenvalue weighted by molar-refractivity contribution is -0.383. The van der Waals surface area contributed by atoms with Crippen LogP contribution in [0.4, 0.5) is 11.4 Å². The number of amides is 1. The number of thioether (sulfide) groups is 1. The maximum absolute atomic E-state index is 11.9. The molecule has 6 nitrogen and oxygen atoms in total. The number of nitrogens with one attached hydrogen (secondary N) is 2. The molecule has 0 bridgehead atoms. The third kappa shape index (κ3) is 4.41. The van der Waals surface area contributed by atoms with Gasteiger partial charge in [-0.15, -0.1) is 0 Å². The van der Waals surface area contributed by atoms with E-state index in [0.717, 1.165) is 6.42 Å². The lowest BCUT2D eigenvalue weighted by Gasteiger charge is -2.10. The molecule has 0 radical (unpaired) electrons. The van der Waals surface area contributed by atoms with Crippen molar-refractivity contribution in [2.45, 2.75) is 18.6 Å². The van der Waals surface area contributed by atoms with E-state index in [1.54, 1.807) is 18.8 Å². The summed E-state index contributed by atoms with van der Waals surface area (Å²) in [7, 11) is 1.59. The highest BCUT2D eigenvalue weighted by molar-refractivity contribution is 7.99. The Bertz CT molecular complexity index is 494. The van der Waals surface area contributed by atoms with Gasteiger partial charge in [0.25, 0.3) is 11.6 Å². The van der Waals surface area contributed by atoms with Crippen LogP contribution in [0.3, 0.4) is 0 Å². The maximum atomic E-state index is 11.9. The number of hydrogen-bond acceptors (Lipinski definition) is 5. The molecule has 0 aromatic heterocycles. The number of benzene rings is 1. The van der Waals surface area contributed by atoms with Crippen LogP contribution in [0.5, 0.6) is 0 Å². The van der Waals surface area contributed by atoms with Crippen LogP contribution >= 0.6 is 11.8 Å². The lowest BCUT2D eigenvalue weighted by atomic mass is 10.1. The second-order valence-electron chi connectivity index (χ2n) is 4.33. The largest absolute Gasteiger partial charge is 0.383 e. The highest BCUT2D eigenvalue weighted by Gasteiger charge is 2.15. The zero-order valence-electron chi connectivity index (χ0n) is 11.8. The Hall–Kier alpha value is -1.76. The summed E-state index contributed by atoms with van der Waals surface area (Å²) < 4.78 is 0. The normalized spacial score (nSPS) is 11.8. The smallest absolute Gasteiger partial charge is 0.292 e. The molecule has 1 aromatic rings. The van der Waals surface area contributed by atoms with Crippen molar-refractivity contribution in [3.63, 3.8) is 0 Å². The highest BCUT2D eigenvalue weighted by Crippen LogP contribution is 2.24. The van der Waals surface area contributed by atoms with Gasteiger partial charge in [0.05, 0.1) is 4.92 Å². The van der Waals surface area contributed by atoms with Crippen LogP contribution < -0.4 is 10.6 Å². The molecular weight excluding hydrogens is 278 g/mol. The highest BCUT2D eigenvalue weighted by atomic mass is 32.2. The van der Waals surface area contributed by atoms with E-state index in [1.165, 1.54) is 18.2 Å². The number of rotatable bonds is 7. The van der Waals surface area contributed by atoms with Crippen molar-refractivity contribution < 1.29 is 9.72 Å². The Kier molecular flexibility index (Phi) is 6.30. The van der Waals surface area contributed by atoms with Gasteiger partial charge in [-0.05, 0) is 24.8 Å². The van der Waals surface area contributed by atoms with Crippen LogP contribution in [0.15, 0.2) is 18.2 Å². The molecule has 1 aromatic carbocycles. The molecule has 20 heavy (non-hydrogen) atoms. The SMILES string of the molecule is CNc1cc(C(=O)NCCC(C)SC)ccc1[N+](=O)[O-]. The molecule has 0 aliphatic carbocycles. The van der Waals surface area contributed by atoms with Crippen LogP contribution in [0, 0.1) is 10.1 Å². The third-order valence-electron chi connectivity index (χ3n) is 2.96. The first-order valence-corrected chi connectivity index (χ1v) is 7.55. The van der Waals surface area contributed by atoms with E-state index in [2.05, 4.69) is 17.6 Å². The van der Waals surface area contributed by atoms with E-state index >= 15 is 0 Å². The molecule has 1 unspecified atom stereocenters. The summed E-state index contributed by atoms with van der Waals surface area (Å²) in [5.41, 5.74) is 0.706. The average molecular weight is 297 g/mol. The Labute approximate surface area is 122 Å². The van der Waals surface area contributed by atoms with Gasteiger partial charge >= 0.3 is 0 Å². The van der Waals surface area contributed by atoms with Crippen molar-refractivity contribution in [1.82, 2.24) is 5.32 Å². The lowest BCUT2D eigenvalue weighted by Crippen LogP contribution is -2.26. The summed E-state index contributed by atoms with van der Waals surface area (Å²) in [6.45, 7) is 2.69. The van der Waals surface area contributed by atoms with Gasteiger partial charge in [0.1, 0.15) is 5.69 Å². The topological polar surface area (TPSA) is 84.3 Å². The number of nitro benzene ring substituents is 1. The molecule has 0 saturated carbocycles. The number of carbonyl (C=O) groups is 1. The minimum absolute atomic E-state index is 0.0416. The average Bonchev–Trinajstić information content (AvgIpc) is 2.45. The van der Waals surface area contributed by atoms with E-state index in [9.17, 15) is 14.9 Å². The number of nitrogens with zero attached hydrogens (tertiary/aromatic N) is 1. The predicted molar refractivity (Wildman–Crippen MR) is 82.6 cm³/mol. The fourth-order valence-corrected chi connectivity index (χ4v) is 2.00. The monoisotopic (exact) mass is 297 g/mol. The van der Waals surface area contributed by atoms with Gasteiger partial charge in [-0.25, -0.2) is 0 Å². The van der Waals surface area contributed by atoms with Crippen LogP contribution in [0.2, 0.25) is 0 Å². The minimum Gasteiger partial charge on any atom is -0.383 e. The molecule has 2 N–H and O–H groups in total. The van der Waals surface area contributed by atoms with Crippen LogP contribution in [0.1, 0.15) is 23.7 Å². The number of nitro groups is 1. The van der Waals surface area contributed by atoms with E-state index in [1.807, 2.05) is 6.26 Å². The molecule has 1 rings (SSSR count). The zero-order valence-corrected chi connectivity index (χ0v) is 12.6. The quantitative estimate of drug-likeness (QED) is 0.596. The van der Waals surface area contributed by atoms with Crippen molar-refractivity contribution in [3.8, 4) is 0 Å². The van der Waals surface area contributed by atoms with Crippen LogP contribution in [-0.2, 0) is 0 Å². The summed E-state index contributed by atoms with van der Waals surface area (Å²) in [4.78, 5) is 22.3. The summed E-state index contributed by atoms with van der Waals surface area (Å²) in [5, 5.41) is 16.8. The van der Waals surface area contributed by atoms with Gasteiger partial charge in [0.2, 0.25) is 0 Å². The van der Waals surface area contributed by atoms with Crippen molar-refractivity contribution in [3.05, 3.63) is 33.9 Å². The summed E-state index contributed by atoms with van der Waals surface area (Å²) in [6.07, 6.45) is 2.92. The van der Waals surface area contributed by atoms with Crippen molar-refractivity contribution >= 4 is 29.0 Å². The Morgan fingerprint density at radius 3 is 2.75 bits per heavy atom. The molecule has 0 fully saturated rings. The second-order valence-corrected chi connectivity index (χ2v) is 5.61. The standard InChI is InChI=1S/C13H19N3O3S/c1-9(20-3)6-7-15-13(17)10-4-5-12(16(18)19)11(8-10)14-2/h4-5,8-9,14H,6-7H2,1-3H3,(H,15,17). The summed E-state index contributed by atoms with van der Waals surface area (Å²) in [5.74, 6) is -0.218. The van der Waals surface area contributed by atoms with Gasteiger partial charge in [-0.1, -0.05) is 6.92 Å². The van der Waals surface area contributed by atoms with Gasteiger partial charge < -0.3 is 10.6 Å². The molecule has 1 amide bonds. The van der Waals surface area contributed by atoms with E-state index in [-0.39, 0.29) is 11.6 Å². The van der Waals surface area contributed by atoms with E-state index in [0.29, 0.717) is 23.0 Å². The van der Waals surface area contributed by atoms with Gasteiger partial charge in [-0.3, -0.25) is 14.9 Å². The molecule has 0 heterocycles. The summed E-state index contributed by atoms with van der Waals surface area (Å²) in [6, 6.07) is 4.29. The van der Waals surface area contributed by atoms with Gasteiger partial charge in [-0.2, -0.15) is 11.8 Å². The maximum Gasteiger partial charge on any atom is 0.292 e. The predicted octanol–water partition coefficient (Wildman–Crippen LogP) is 2.51. The molecule has 0 aliphatic heterocycles. The van der Waals surface area contributed by atoms with Crippen molar-refractivity contribution in [2.24, 2.45) is 0 Å². The first kappa shape index (κ1) is 16.3. The molecular formula is C13H19N3O3S. The fraction of sp³-hybridized carbons (Fsp3) is 0.462. The fourth-order valence-electron chi connectivity index (χ4n) is 1.65. The molecule has 1 atom stereocenters. The Morgan fingerprint density at radius 2 is 2.20 bits per heavy atom. The third-order valence-corrected chi connectivity index (χ3v) is 4.00. The molecule has 110 valence electrons. The minimum atomic E-state index is -0.479. The van der Waals surface area contributed by atoms with E-state index in [4.69, 9.17) is 0 Å². The molecule has 0 spiro atoms. The zero-order chi connectivity index (χ0) is 15.1. The molecule has 7 heteroatoms. The van der Waals surface area contributed by atoms with Gasteiger partial charge in [0, 0.05) is 30.5 Å². The first-order chi connectivity index (χ1) is 9.49. The second kappa shape index (κ2) is 7.74. The molecule has 0 saturated heterocycles. The van der Waals surface area contributed by atoms with Gasteiger partial charge in [0.15, 0.2) is 0 Å². The first-order valence-electron chi connectivity index (χ1n) is 6.26. The summed E-state index contributed by atoms with van der Waals surface area (Å²) >= 11 is 1.75. The van der Waals surface area contributed by atoms with Crippen molar-refractivity contribution in [1.29, 1.82) is 0 Å². The number of carbonyl (C=O) groups excluding carboxylic acids is 1. The van der Waals surface area contributed by atoms with Crippen LogP contribution in [0.25, 0.3) is 0 Å².